The van der Waals surface area contributed by atoms with E-state index in [2.05, 4.69) is 6.58 Å². The Kier molecular flexibility index (Phi) is 2.41. The van der Waals surface area contributed by atoms with Crippen LogP contribution in [0.2, 0.25) is 0 Å². The molecule has 0 nitrogen and oxygen atoms in total. The van der Waals surface area contributed by atoms with Crippen molar-refractivity contribution < 1.29 is 8.78 Å². The Balaban J connectivity index is 2.18. The van der Waals surface area contributed by atoms with Crippen molar-refractivity contribution in [2.24, 2.45) is 11.8 Å². The number of rotatable bonds is 4. The molecule has 0 amide bonds. The molecular formula is C8H12F2. The first-order valence-electron chi connectivity index (χ1n) is 3.62. The van der Waals surface area contributed by atoms with Crippen LogP contribution in [0.5, 0.6) is 0 Å². The fourth-order valence-electron chi connectivity index (χ4n) is 1.24. The third kappa shape index (κ3) is 1.55. The number of hydrogen-bond donors (Lipinski definition) is 0. The summed E-state index contributed by atoms with van der Waals surface area (Å²) >= 11 is 0. The van der Waals surface area contributed by atoms with Gasteiger partial charge >= 0.3 is 0 Å². The summed E-state index contributed by atoms with van der Waals surface area (Å²) in [7, 11) is 0. The second-order valence-electron chi connectivity index (χ2n) is 2.79. The van der Waals surface area contributed by atoms with E-state index in [1.165, 1.54) is 0 Å². The number of halogens is 2. The molecule has 0 aromatic carbocycles. The number of hydrogen-bond acceptors (Lipinski definition) is 0. The van der Waals surface area contributed by atoms with Crippen molar-refractivity contribution in [1.29, 1.82) is 0 Å². The molecule has 0 saturated heterocycles. The second kappa shape index (κ2) is 3.13. The Morgan fingerprint density at radius 1 is 1.70 bits per heavy atom. The summed E-state index contributed by atoms with van der Waals surface area (Å²) in [6.45, 7) is 3.01. The lowest BCUT2D eigenvalue weighted by Gasteiger charge is -2.01. The molecule has 0 heterocycles. The first-order valence-corrected chi connectivity index (χ1v) is 3.62. The Bertz CT molecular complexity index is 122. The van der Waals surface area contributed by atoms with E-state index in [-0.39, 0.29) is 12.3 Å². The van der Waals surface area contributed by atoms with Gasteiger partial charge in [-0.15, -0.1) is 6.58 Å². The van der Waals surface area contributed by atoms with Gasteiger partial charge in [-0.2, -0.15) is 0 Å². The third-order valence-electron chi connectivity index (χ3n) is 2.04. The van der Waals surface area contributed by atoms with Gasteiger partial charge in [-0.05, 0) is 18.3 Å². The van der Waals surface area contributed by atoms with Gasteiger partial charge in [0.2, 0.25) is 0 Å². The summed E-state index contributed by atoms with van der Waals surface area (Å²) < 4.78 is 24.3. The first kappa shape index (κ1) is 7.70. The fourth-order valence-corrected chi connectivity index (χ4v) is 1.24. The summed E-state index contributed by atoms with van der Waals surface area (Å²) in [6, 6.07) is 0. The topological polar surface area (TPSA) is 0 Å². The molecule has 1 aliphatic rings. The Labute approximate surface area is 59.9 Å². The smallest absolute Gasteiger partial charge is 0.106 e. The molecule has 0 aromatic rings. The Hall–Kier alpha value is -0.400. The van der Waals surface area contributed by atoms with E-state index in [1.807, 2.05) is 0 Å². The number of alkyl halides is 2. The van der Waals surface area contributed by atoms with Gasteiger partial charge in [0.1, 0.15) is 6.17 Å². The van der Waals surface area contributed by atoms with Crippen LogP contribution in [0.3, 0.4) is 0 Å². The summed E-state index contributed by atoms with van der Waals surface area (Å²) in [5.74, 6) is 0.398. The van der Waals surface area contributed by atoms with Crippen LogP contribution in [0.1, 0.15) is 12.8 Å². The highest BCUT2D eigenvalue weighted by molar-refractivity contribution is 5.01. The summed E-state index contributed by atoms with van der Waals surface area (Å²) in [6.07, 6.45) is 1.75. The van der Waals surface area contributed by atoms with Crippen LogP contribution in [0.15, 0.2) is 12.7 Å². The maximum Gasteiger partial charge on any atom is 0.106 e. The lowest BCUT2D eigenvalue weighted by molar-refractivity contribution is 0.249. The molecule has 0 aromatic heterocycles. The zero-order valence-electron chi connectivity index (χ0n) is 5.89. The third-order valence-corrected chi connectivity index (χ3v) is 2.04. The summed E-state index contributed by atoms with van der Waals surface area (Å²) in [5, 5.41) is 0. The molecule has 0 aliphatic heterocycles. The molecule has 58 valence electrons. The summed E-state index contributed by atoms with van der Waals surface area (Å²) in [5.41, 5.74) is 0. The van der Waals surface area contributed by atoms with Crippen LogP contribution in [-0.2, 0) is 0 Å². The molecule has 0 spiro atoms. The lowest BCUT2D eigenvalue weighted by atomic mass is 10.1. The first-order chi connectivity index (χ1) is 4.79. The van der Waals surface area contributed by atoms with Crippen LogP contribution in [0, 0.1) is 11.8 Å². The molecule has 0 bridgehead atoms. The predicted molar refractivity (Wildman–Crippen MR) is 37.3 cm³/mol. The monoisotopic (exact) mass is 146 g/mol. The molecule has 1 aliphatic carbocycles. The normalized spacial score (nSPS) is 33.4. The van der Waals surface area contributed by atoms with Gasteiger partial charge in [0.25, 0.3) is 0 Å². The van der Waals surface area contributed by atoms with E-state index in [0.717, 1.165) is 6.42 Å². The summed E-state index contributed by atoms with van der Waals surface area (Å²) in [4.78, 5) is 0. The molecule has 3 atom stereocenters. The molecule has 0 N–H and O–H groups in total. The molecule has 1 rings (SSSR count). The van der Waals surface area contributed by atoms with Gasteiger partial charge in [-0.1, -0.05) is 6.08 Å². The lowest BCUT2D eigenvalue weighted by Crippen LogP contribution is -2.04. The average Bonchev–Trinajstić information content (AvgIpc) is 2.66. The highest BCUT2D eigenvalue weighted by Gasteiger charge is 2.40. The molecule has 10 heavy (non-hydrogen) atoms. The van der Waals surface area contributed by atoms with Gasteiger partial charge < -0.3 is 0 Å². The Morgan fingerprint density at radius 2 is 2.40 bits per heavy atom. The van der Waals surface area contributed by atoms with E-state index < -0.39 is 12.8 Å². The maximum atomic E-state index is 12.7. The van der Waals surface area contributed by atoms with E-state index in [0.29, 0.717) is 5.92 Å². The fraction of sp³-hybridized carbons (Fsp3) is 0.750. The zero-order valence-corrected chi connectivity index (χ0v) is 5.89. The van der Waals surface area contributed by atoms with Crippen molar-refractivity contribution in [1.82, 2.24) is 0 Å². The zero-order chi connectivity index (χ0) is 7.56. The van der Waals surface area contributed by atoms with E-state index in [9.17, 15) is 8.78 Å². The molecule has 0 radical (unpaired) electrons. The minimum atomic E-state index is -0.937. The highest BCUT2D eigenvalue weighted by atomic mass is 19.1. The van der Waals surface area contributed by atoms with Gasteiger partial charge in [-0.25, -0.2) is 4.39 Å². The van der Waals surface area contributed by atoms with Crippen molar-refractivity contribution in [3.05, 3.63) is 12.7 Å². The van der Waals surface area contributed by atoms with Crippen LogP contribution < -0.4 is 0 Å². The average molecular weight is 146 g/mol. The quantitative estimate of drug-likeness (QED) is 0.534. The SMILES string of the molecule is C=CC1CC1C(F)CCF. The molecule has 3 unspecified atom stereocenters. The largest absolute Gasteiger partial charge is 0.251 e. The standard InChI is InChI=1S/C8H12F2/c1-2-6-5-7(6)8(10)3-4-9/h2,6-8H,1,3-5H2. The maximum absolute atomic E-state index is 12.7. The van der Waals surface area contributed by atoms with E-state index >= 15 is 0 Å². The van der Waals surface area contributed by atoms with E-state index in [4.69, 9.17) is 0 Å². The van der Waals surface area contributed by atoms with Crippen molar-refractivity contribution in [2.45, 2.75) is 19.0 Å². The van der Waals surface area contributed by atoms with Gasteiger partial charge in [0, 0.05) is 6.42 Å². The van der Waals surface area contributed by atoms with Crippen LogP contribution in [0.25, 0.3) is 0 Å². The van der Waals surface area contributed by atoms with Gasteiger partial charge in [-0.3, -0.25) is 4.39 Å². The second-order valence-corrected chi connectivity index (χ2v) is 2.79. The predicted octanol–water partition coefficient (Wildman–Crippen LogP) is 2.51. The minimum Gasteiger partial charge on any atom is -0.251 e. The highest BCUT2D eigenvalue weighted by Crippen LogP contribution is 2.44. The molecular weight excluding hydrogens is 134 g/mol. The van der Waals surface area contributed by atoms with E-state index in [1.54, 1.807) is 6.08 Å². The van der Waals surface area contributed by atoms with Crippen molar-refractivity contribution in [2.75, 3.05) is 6.67 Å². The van der Waals surface area contributed by atoms with Crippen LogP contribution in [-0.4, -0.2) is 12.8 Å². The van der Waals surface area contributed by atoms with Crippen LogP contribution in [0.4, 0.5) is 8.78 Å². The molecule has 2 heteroatoms. The van der Waals surface area contributed by atoms with Crippen molar-refractivity contribution in [3.8, 4) is 0 Å². The number of allylic oxidation sites excluding steroid dienone is 1. The van der Waals surface area contributed by atoms with Crippen LogP contribution >= 0.6 is 0 Å². The Morgan fingerprint density at radius 3 is 2.80 bits per heavy atom. The molecule has 1 fully saturated rings. The van der Waals surface area contributed by atoms with Gasteiger partial charge in [0.15, 0.2) is 0 Å². The van der Waals surface area contributed by atoms with Crippen molar-refractivity contribution >= 4 is 0 Å². The molecule has 1 saturated carbocycles. The minimum absolute atomic E-state index is 0.0645. The van der Waals surface area contributed by atoms with Crippen molar-refractivity contribution in [3.63, 3.8) is 0 Å². The van der Waals surface area contributed by atoms with Gasteiger partial charge in [0.05, 0.1) is 6.67 Å².